The first kappa shape index (κ1) is 15.2. The molecule has 1 aromatic heterocycles. The van der Waals surface area contributed by atoms with Gasteiger partial charge in [0.1, 0.15) is 5.82 Å². The lowest BCUT2D eigenvalue weighted by molar-refractivity contribution is 0.220. The van der Waals surface area contributed by atoms with E-state index in [2.05, 4.69) is 16.9 Å². The van der Waals surface area contributed by atoms with Crippen LogP contribution in [0.2, 0.25) is 0 Å². The highest BCUT2D eigenvalue weighted by atomic mass is 19.1. The molecule has 0 radical (unpaired) electrons. The minimum Gasteiger partial charge on any atom is -0.396 e. The molecule has 1 atom stereocenters. The first-order chi connectivity index (χ1) is 10.6. The van der Waals surface area contributed by atoms with Crippen LogP contribution in [0.4, 0.5) is 4.39 Å². The van der Waals surface area contributed by atoms with Crippen molar-refractivity contribution in [1.82, 2.24) is 14.7 Å². The first-order valence-corrected chi connectivity index (χ1v) is 7.72. The molecule has 0 aliphatic carbocycles. The Labute approximate surface area is 130 Å². The van der Waals surface area contributed by atoms with Crippen LogP contribution in [0.3, 0.4) is 0 Å². The topological polar surface area (TPSA) is 41.3 Å². The lowest BCUT2D eigenvalue weighted by Crippen LogP contribution is -2.21. The predicted molar refractivity (Wildman–Crippen MR) is 83.5 cm³/mol. The molecule has 0 saturated carbocycles. The molecule has 3 rings (SSSR count). The third kappa shape index (κ3) is 2.91. The maximum Gasteiger partial charge on any atom is 0.123 e. The minimum atomic E-state index is -0.238. The molecular weight excluding hydrogens is 281 g/mol. The van der Waals surface area contributed by atoms with E-state index in [9.17, 15) is 9.50 Å². The van der Waals surface area contributed by atoms with Crippen LogP contribution in [-0.2, 0) is 6.54 Å². The van der Waals surface area contributed by atoms with Crippen LogP contribution in [0.15, 0.2) is 24.3 Å². The number of aliphatic hydroxyl groups excluding tert-OH is 1. The average molecular weight is 303 g/mol. The van der Waals surface area contributed by atoms with Crippen molar-refractivity contribution >= 4 is 0 Å². The van der Waals surface area contributed by atoms with Crippen molar-refractivity contribution in [3.63, 3.8) is 0 Å². The molecule has 1 fully saturated rings. The van der Waals surface area contributed by atoms with Crippen molar-refractivity contribution in [2.45, 2.75) is 26.8 Å². The van der Waals surface area contributed by atoms with Crippen LogP contribution >= 0.6 is 0 Å². The van der Waals surface area contributed by atoms with Crippen molar-refractivity contribution in [2.75, 3.05) is 19.7 Å². The van der Waals surface area contributed by atoms with Gasteiger partial charge in [-0.05, 0) is 57.0 Å². The highest BCUT2D eigenvalue weighted by molar-refractivity contribution is 5.37. The van der Waals surface area contributed by atoms with E-state index < -0.39 is 0 Å². The molecule has 1 unspecified atom stereocenters. The standard InChI is InChI=1S/C17H22FN3O/c1-12-17(10-20-8-7-14(9-20)11-22)13(2)21(19-12)16-5-3-15(18)4-6-16/h3-6,14,22H,7-11H2,1-2H3. The van der Waals surface area contributed by atoms with E-state index in [1.807, 2.05) is 11.6 Å². The summed E-state index contributed by atoms with van der Waals surface area (Å²) in [5, 5.41) is 13.9. The van der Waals surface area contributed by atoms with Gasteiger partial charge in [-0.25, -0.2) is 9.07 Å². The summed E-state index contributed by atoms with van der Waals surface area (Å²) in [5.74, 6) is 0.158. The van der Waals surface area contributed by atoms with Crippen LogP contribution in [0, 0.1) is 25.6 Å². The second-order valence-electron chi connectivity index (χ2n) is 6.11. The fraction of sp³-hybridized carbons (Fsp3) is 0.471. The van der Waals surface area contributed by atoms with Crippen molar-refractivity contribution < 1.29 is 9.50 Å². The van der Waals surface area contributed by atoms with E-state index in [1.54, 1.807) is 12.1 Å². The summed E-state index contributed by atoms with van der Waals surface area (Å²) in [6.07, 6.45) is 1.06. The van der Waals surface area contributed by atoms with Crippen molar-refractivity contribution in [1.29, 1.82) is 0 Å². The maximum absolute atomic E-state index is 13.1. The van der Waals surface area contributed by atoms with Crippen molar-refractivity contribution in [3.8, 4) is 5.69 Å². The molecule has 118 valence electrons. The van der Waals surface area contributed by atoms with Crippen LogP contribution in [0.5, 0.6) is 0 Å². The molecule has 2 aromatic rings. The Morgan fingerprint density at radius 3 is 2.64 bits per heavy atom. The Morgan fingerprint density at radius 1 is 1.27 bits per heavy atom. The molecule has 1 saturated heterocycles. The average Bonchev–Trinajstić information content (AvgIpc) is 3.08. The number of benzene rings is 1. The summed E-state index contributed by atoms with van der Waals surface area (Å²) in [5.41, 5.74) is 4.21. The van der Waals surface area contributed by atoms with E-state index in [0.29, 0.717) is 5.92 Å². The van der Waals surface area contributed by atoms with Gasteiger partial charge in [0.2, 0.25) is 0 Å². The van der Waals surface area contributed by atoms with E-state index >= 15 is 0 Å². The molecule has 22 heavy (non-hydrogen) atoms. The number of halogens is 1. The first-order valence-electron chi connectivity index (χ1n) is 7.72. The number of hydrogen-bond donors (Lipinski definition) is 1. The zero-order valence-corrected chi connectivity index (χ0v) is 13.1. The summed E-state index contributed by atoms with van der Waals surface area (Å²) in [6, 6.07) is 6.40. The zero-order valence-electron chi connectivity index (χ0n) is 13.1. The van der Waals surface area contributed by atoms with Gasteiger partial charge in [0.05, 0.1) is 11.4 Å². The lowest BCUT2D eigenvalue weighted by atomic mass is 10.1. The summed E-state index contributed by atoms with van der Waals surface area (Å²) >= 11 is 0. The Bertz CT molecular complexity index is 651. The predicted octanol–water partition coefficient (Wildman–Crippen LogP) is 2.44. The molecule has 0 bridgehead atoms. The number of hydrogen-bond acceptors (Lipinski definition) is 3. The number of aryl methyl sites for hydroxylation is 1. The Balaban J connectivity index is 1.83. The van der Waals surface area contributed by atoms with Gasteiger partial charge in [0.25, 0.3) is 0 Å². The van der Waals surface area contributed by atoms with Gasteiger partial charge in [-0.2, -0.15) is 5.10 Å². The zero-order chi connectivity index (χ0) is 15.7. The van der Waals surface area contributed by atoms with E-state index in [-0.39, 0.29) is 12.4 Å². The summed E-state index contributed by atoms with van der Waals surface area (Å²) in [6.45, 7) is 7.15. The second kappa shape index (κ2) is 6.18. The molecule has 0 spiro atoms. The van der Waals surface area contributed by atoms with Crippen LogP contribution in [-0.4, -0.2) is 39.5 Å². The monoisotopic (exact) mass is 303 g/mol. The molecule has 1 N–H and O–H groups in total. The molecular formula is C17H22FN3O. The molecule has 0 amide bonds. The number of nitrogens with zero attached hydrogens (tertiary/aromatic N) is 3. The van der Waals surface area contributed by atoms with Crippen LogP contribution in [0.1, 0.15) is 23.4 Å². The fourth-order valence-electron chi connectivity index (χ4n) is 3.17. The second-order valence-corrected chi connectivity index (χ2v) is 6.11. The highest BCUT2D eigenvalue weighted by Gasteiger charge is 2.24. The van der Waals surface area contributed by atoms with E-state index in [1.165, 1.54) is 17.7 Å². The molecule has 1 aliphatic rings. The number of rotatable bonds is 4. The normalized spacial score (nSPS) is 19.0. The Kier molecular flexibility index (Phi) is 4.27. The van der Waals surface area contributed by atoms with Gasteiger partial charge in [0.15, 0.2) is 0 Å². The number of likely N-dealkylation sites (tertiary alicyclic amines) is 1. The summed E-state index contributed by atoms with van der Waals surface area (Å²) < 4.78 is 15.0. The Morgan fingerprint density at radius 2 is 2.00 bits per heavy atom. The summed E-state index contributed by atoms with van der Waals surface area (Å²) in [7, 11) is 0. The third-order valence-corrected chi connectivity index (χ3v) is 4.52. The third-order valence-electron chi connectivity index (χ3n) is 4.52. The molecule has 1 aromatic carbocycles. The fourth-order valence-corrected chi connectivity index (χ4v) is 3.17. The smallest absolute Gasteiger partial charge is 0.123 e. The highest BCUT2D eigenvalue weighted by Crippen LogP contribution is 2.23. The van der Waals surface area contributed by atoms with Crippen molar-refractivity contribution in [2.24, 2.45) is 5.92 Å². The van der Waals surface area contributed by atoms with Gasteiger partial charge in [-0.3, -0.25) is 4.90 Å². The van der Waals surface area contributed by atoms with Gasteiger partial charge in [0, 0.05) is 31.0 Å². The van der Waals surface area contributed by atoms with Crippen LogP contribution < -0.4 is 0 Å². The quantitative estimate of drug-likeness (QED) is 0.943. The maximum atomic E-state index is 13.1. The van der Waals surface area contributed by atoms with E-state index in [0.717, 1.165) is 43.1 Å². The summed E-state index contributed by atoms with van der Waals surface area (Å²) in [4.78, 5) is 2.37. The van der Waals surface area contributed by atoms with Crippen molar-refractivity contribution in [3.05, 3.63) is 47.0 Å². The molecule has 1 aliphatic heterocycles. The molecule has 2 heterocycles. The van der Waals surface area contributed by atoms with E-state index in [4.69, 9.17) is 0 Å². The van der Waals surface area contributed by atoms with Gasteiger partial charge >= 0.3 is 0 Å². The molecule has 5 heteroatoms. The lowest BCUT2D eigenvalue weighted by Gasteiger charge is -2.16. The van der Waals surface area contributed by atoms with Gasteiger partial charge < -0.3 is 5.11 Å². The number of aromatic nitrogens is 2. The number of aliphatic hydroxyl groups is 1. The van der Waals surface area contributed by atoms with Gasteiger partial charge in [-0.15, -0.1) is 0 Å². The Hall–Kier alpha value is -1.72. The molecule has 4 nitrogen and oxygen atoms in total. The minimum absolute atomic E-state index is 0.238. The van der Waals surface area contributed by atoms with Crippen LogP contribution in [0.25, 0.3) is 5.69 Å². The SMILES string of the molecule is Cc1nn(-c2ccc(F)cc2)c(C)c1CN1CCC(CO)C1. The van der Waals surface area contributed by atoms with Gasteiger partial charge in [-0.1, -0.05) is 0 Å². The largest absolute Gasteiger partial charge is 0.396 e.